The van der Waals surface area contributed by atoms with Crippen LogP contribution < -0.4 is 16.0 Å². The van der Waals surface area contributed by atoms with Crippen molar-refractivity contribution in [1.29, 1.82) is 0 Å². The molecular formula is C13H16FN3O. The van der Waals surface area contributed by atoms with Crippen LogP contribution >= 0.6 is 0 Å². The molecule has 1 aliphatic heterocycles. The zero-order chi connectivity index (χ0) is 12.8. The first-order valence-corrected chi connectivity index (χ1v) is 5.93. The lowest BCUT2D eigenvalue weighted by Gasteiger charge is -2.14. The molecule has 0 spiro atoms. The number of halogens is 1. The van der Waals surface area contributed by atoms with Gasteiger partial charge in [0.25, 0.3) is 0 Å². The standard InChI is InChI=1S/C13H16FN3O/c14-11-1-3-12(4-2-11)17-13(18)16-9-10-5-7-15-8-6-10/h1-5,15H,6-9H2,(H2,16,17,18). The average molecular weight is 249 g/mol. The van der Waals surface area contributed by atoms with Crippen molar-refractivity contribution in [3.63, 3.8) is 0 Å². The van der Waals surface area contributed by atoms with Crippen LogP contribution in [0.25, 0.3) is 0 Å². The Labute approximate surface area is 105 Å². The lowest BCUT2D eigenvalue weighted by atomic mass is 10.1. The Morgan fingerprint density at radius 2 is 2.11 bits per heavy atom. The maximum absolute atomic E-state index is 12.7. The molecule has 2 rings (SSSR count). The summed E-state index contributed by atoms with van der Waals surface area (Å²) in [5, 5.41) is 8.63. The molecule has 0 saturated carbocycles. The van der Waals surface area contributed by atoms with E-state index >= 15 is 0 Å². The number of hydrogen-bond donors (Lipinski definition) is 3. The van der Waals surface area contributed by atoms with Crippen molar-refractivity contribution in [2.75, 3.05) is 25.0 Å². The molecule has 1 aliphatic rings. The molecule has 0 fully saturated rings. The largest absolute Gasteiger partial charge is 0.334 e. The van der Waals surface area contributed by atoms with Gasteiger partial charge in [0, 0.05) is 18.8 Å². The molecule has 1 heterocycles. The van der Waals surface area contributed by atoms with Gasteiger partial charge >= 0.3 is 6.03 Å². The number of nitrogens with one attached hydrogen (secondary N) is 3. The van der Waals surface area contributed by atoms with E-state index in [2.05, 4.69) is 22.0 Å². The quantitative estimate of drug-likeness (QED) is 0.716. The summed E-state index contributed by atoms with van der Waals surface area (Å²) in [5.41, 5.74) is 1.80. The van der Waals surface area contributed by atoms with Crippen LogP contribution in [0.5, 0.6) is 0 Å². The summed E-state index contributed by atoms with van der Waals surface area (Å²) in [6.45, 7) is 2.36. The molecule has 0 bridgehead atoms. The van der Waals surface area contributed by atoms with Gasteiger partial charge in [0.05, 0.1) is 0 Å². The fourth-order valence-corrected chi connectivity index (χ4v) is 1.73. The van der Waals surface area contributed by atoms with Gasteiger partial charge < -0.3 is 16.0 Å². The minimum absolute atomic E-state index is 0.277. The van der Waals surface area contributed by atoms with Gasteiger partial charge in [0.2, 0.25) is 0 Å². The zero-order valence-corrected chi connectivity index (χ0v) is 10.0. The molecule has 0 radical (unpaired) electrons. The second-order valence-corrected chi connectivity index (χ2v) is 4.13. The van der Waals surface area contributed by atoms with Gasteiger partial charge in [-0.05, 0) is 37.2 Å². The molecule has 2 amide bonds. The Hall–Kier alpha value is -1.88. The molecule has 0 aromatic heterocycles. The van der Waals surface area contributed by atoms with Crippen LogP contribution in [0.1, 0.15) is 6.42 Å². The summed E-state index contributed by atoms with van der Waals surface area (Å²) in [5.74, 6) is -0.319. The fraction of sp³-hybridized carbons (Fsp3) is 0.308. The van der Waals surface area contributed by atoms with Crippen molar-refractivity contribution in [3.05, 3.63) is 41.7 Å². The lowest BCUT2D eigenvalue weighted by Crippen LogP contribution is -2.32. The topological polar surface area (TPSA) is 53.2 Å². The van der Waals surface area contributed by atoms with E-state index in [1.165, 1.54) is 29.8 Å². The maximum Gasteiger partial charge on any atom is 0.319 e. The molecule has 0 saturated heterocycles. The Balaban J connectivity index is 1.78. The van der Waals surface area contributed by atoms with Crippen molar-refractivity contribution >= 4 is 11.7 Å². The predicted molar refractivity (Wildman–Crippen MR) is 69.0 cm³/mol. The average Bonchev–Trinajstić information content (AvgIpc) is 2.40. The number of amides is 2. The van der Waals surface area contributed by atoms with Crippen LogP contribution in [-0.2, 0) is 0 Å². The molecule has 1 aromatic rings. The summed E-state index contributed by atoms with van der Waals surface area (Å²) in [7, 11) is 0. The van der Waals surface area contributed by atoms with E-state index in [9.17, 15) is 9.18 Å². The van der Waals surface area contributed by atoms with Crippen molar-refractivity contribution in [2.45, 2.75) is 6.42 Å². The van der Waals surface area contributed by atoms with Crippen molar-refractivity contribution in [3.8, 4) is 0 Å². The van der Waals surface area contributed by atoms with E-state index in [4.69, 9.17) is 0 Å². The predicted octanol–water partition coefficient (Wildman–Crippen LogP) is 1.87. The molecule has 18 heavy (non-hydrogen) atoms. The minimum atomic E-state index is -0.319. The molecule has 3 N–H and O–H groups in total. The Bertz CT molecular complexity index is 442. The Kier molecular flexibility index (Phi) is 4.30. The molecule has 0 unspecified atom stereocenters. The number of urea groups is 1. The molecular weight excluding hydrogens is 233 g/mol. The van der Waals surface area contributed by atoms with Crippen LogP contribution in [-0.4, -0.2) is 25.7 Å². The fourth-order valence-electron chi connectivity index (χ4n) is 1.73. The van der Waals surface area contributed by atoms with Crippen LogP contribution in [0.15, 0.2) is 35.9 Å². The number of rotatable bonds is 3. The number of carbonyl (C=O) groups excluding carboxylic acids is 1. The Morgan fingerprint density at radius 1 is 1.33 bits per heavy atom. The van der Waals surface area contributed by atoms with Gasteiger partial charge in [-0.15, -0.1) is 0 Å². The summed E-state index contributed by atoms with van der Waals surface area (Å²) in [6, 6.07) is 5.40. The van der Waals surface area contributed by atoms with Gasteiger partial charge in [-0.2, -0.15) is 0 Å². The van der Waals surface area contributed by atoms with E-state index in [1.54, 1.807) is 0 Å². The smallest absolute Gasteiger partial charge is 0.319 e. The number of hydrogen-bond acceptors (Lipinski definition) is 2. The second-order valence-electron chi connectivity index (χ2n) is 4.13. The SMILES string of the molecule is O=C(NCC1=CCNCC1)Nc1ccc(F)cc1. The maximum atomic E-state index is 12.7. The van der Waals surface area contributed by atoms with Gasteiger partial charge in [0.15, 0.2) is 0 Å². The van der Waals surface area contributed by atoms with E-state index < -0.39 is 0 Å². The highest BCUT2D eigenvalue weighted by Gasteiger charge is 2.05. The monoisotopic (exact) mass is 249 g/mol. The first-order valence-electron chi connectivity index (χ1n) is 5.93. The highest BCUT2D eigenvalue weighted by atomic mass is 19.1. The molecule has 96 valence electrons. The van der Waals surface area contributed by atoms with Gasteiger partial charge in [0.1, 0.15) is 5.82 Å². The van der Waals surface area contributed by atoms with Crippen LogP contribution in [0.2, 0.25) is 0 Å². The van der Waals surface area contributed by atoms with Crippen LogP contribution in [0, 0.1) is 5.82 Å². The van der Waals surface area contributed by atoms with E-state index in [0.717, 1.165) is 19.5 Å². The second kappa shape index (κ2) is 6.16. The first-order chi connectivity index (χ1) is 8.74. The molecule has 0 atom stereocenters. The van der Waals surface area contributed by atoms with Crippen LogP contribution in [0.4, 0.5) is 14.9 Å². The summed E-state index contributed by atoms with van der Waals surface area (Å²) in [6.07, 6.45) is 3.04. The highest BCUT2D eigenvalue weighted by Crippen LogP contribution is 2.08. The lowest BCUT2D eigenvalue weighted by molar-refractivity contribution is 0.252. The summed E-state index contributed by atoms with van der Waals surface area (Å²) < 4.78 is 12.7. The molecule has 4 nitrogen and oxygen atoms in total. The molecule has 5 heteroatoms. The molecule has 0 aliphatic carbocycles. The third-order valence-electron chi connectivity index (χ3n) is 2.74. The summed E-state index contributed by atoms with van der Waals surface area (Å²) >= 11 is 0. The van der Waals surface area contributed by atoms with E-state index in [0.29, 0.717) is 12.2 Å². The van der Waals surface area contributed by atoms with Gasteiger partial charge in [-0.25, -0.2) is 9.18 Å². The van der Waals surface area contributed by atoms with E-state index in [1.807, 2.05) is 0 Å². The third-order valence-corrected chi connectivity index (χ3v) is 2.74. The number of carbonyl (C=O) groups is 1. The highest BCUT2D eigenvalue weighted by molar-refractivity contribution is 5.89. The van der Waals surface area contributed by atoms with Gasteiger partial charge in [-0.1, -0.05) is 11.6 Å². The van der Waals surface area contributed by atoms with E-state index in [-0.39, 0.29) is 11.8 Å². The minimum Gasteiger partial charge on any atom is -0.334 e. The van der Waals surface area contributed by atoms with Crippen molar-refractivity contribution in [2.24, 2.45) is 0 Å². The van der Waals surface area contributed by atoms with Gasteiger partial charge in [-0.3, -0.25) is 0 Å². The number of anilines is 1. The third kappa shape index (κ3) is 3.85. The summed E-state index contributed by atoms with van der Waals surface area (Å²) in [4.78, 5) is 11.6. The van der Waals surface area contributed by atoms with Crippen LogP contribution in [0.3, 0.4) is 0 Å². The first kappa shape index (κ1) is 12.6. The molecule has 1 aromatic carbocycles. The zero-order valence-electron chi connectivity index (χ0n) is 10.0. The normalized spacial score (nSPS) is 14.8. The van der Waals surface area contributed by atoms with Crippen molar-refractivity contribution < 1.29 is 9.18 Å². The Morgan fingerprint density at radius 3 is 2.78 bits per heavy atom. The van der Waals surface area contributed by atoms with Crippen molar-refractivity contribution in [1.82, 2.24) is 10.6 Å². The number of benzene rings is 1.